The number of hydrogen-bond acceptors (Lipinski definition) is 6. The molecular weight excluding hydrogens is 340 g/mol. The van der Waals surface area contributed by atoms with Crippen molar-refractivity contribution < 1.29 is 10.2 Å². The van der Waals surface area contributed by atoms with Crippen molar-refractivity contribution in [2.75, 3.05) is 12.3 Å². The van der Waals surface area contributed by atoms with E-state index in [2.05, 4.69) is 9.88 Å². The van der Waals surface area contributed by atoms with Gasteiger partial charge in [0.15, 0.2) is 5.82 Å². The third-order valence-electron chi connectivity index (χ3n) is 5.00. The number of fused-ring (bicyclic) bond motifs is 1. The zero-order valence-electron chi connectivity index (χ0n) is 15.2. The van der Waals surface area contributed by atoms with E-state index in [9.17, 15) is 10.2 Å². The van der Waals surface area contributed by atoms with E-state index in [1.807, 2.05) is 37.4 Å². The van der Waals surface area contributed by atoms with Gasteiger partial charge in [-0.1, -0.05) is 0 Å². The Labute approximate surface area is 157 Å². The lowest BCUT2D eigenvalue weighted by atomic mass is 10.0. The highest BCUT2D eigenvalue weighted by Crippen LogP contribution is 2.29. The average Bonchev–Trinajstić information content (AvgIpc) is 2.65. The number of anilines is 1. The SMILES string of the molecule is Cc1cc(O)cc(O)c1CN1CCc2nc(-c3ccc(N)cc3)ncc2C1. The van der Waals surface area contributed by atoms with Crippen LogP contribution in [0.2, 0.25) is 0 Å². The van der Waals surface area contributed by atoms with Gasteiger partial charge in [0, 0.05) is 60.7 Å². The van der Waals surface area contributed by atoms with E-state index in [-0.39, 0.29) is 11.5 Å². The van der Waals surface area contributed by atoms with Crippen molar-refractivity contribution in [1.29, 1.82) is 0 Å². The molecule has 0 amide bonds. The van der Waals surface area contributed by atoms with Crippen LogP contribution >= 0.6 is 0 Å². The van der Waals surface area contributed by atoms with Gasteiger partial charge in [0.2, 0.25) is 0 Å². The lowest BCUT2D eigenvalue weighted by molar-refractivity contribution is 0.239. The maximum absolute atomic E-state index is 10.2. The molecule has 0 aliphatic carbocycles. The Bertz CT molecular complexity index is 963. The average molecular weight is 362 g/mol. The molecule has 1 aromatic heterocycles. The summed E-state index contributed by atoms with van der Waals surface area (Å²) in [6.07, 6.45) is 2.72. The summed E-state index contributed by atoms with van der Waals surface area (Å²) < 4.78 is 0. The number of aryl methyl sites for hydroxylation is 1. The van der Waals surface area contributed by atoms with Crippen molar-refractivity contribution in [2.24, 2.45) is 0 Å². The van der Waals surface area contributed by atoms with Crippen molar-refractivity contribution in [1.82, 2.24) is 14.9 Å². The Hall–Kier alpha value is -3.12. The second kappa shape index (κ2) is 6.89. The van der Waals surface area contributed by atoms with Crippen LogP contribution in [0.5, 0.6) is 11.5 Å². The standard InChI is InChI=1S/C21H22N4O2/c1-13-8-17(26)9-20(27)18(13)12-25-7-6-19-15(11-25)10-23-21(24-19)14-2-4-16(22)5-3-14/h2-5,8-10,26-27H,6-7,11-12,22H2,1H3. The number of nitrogen functional groups attached to an aromatic ring is 1. The molecular formula is C21H22N4O2. The van der Waals surface area contributed by atoms with Crippen LogP contribution in [-0.2, 0) is 19.5 Å². The summed E-state index contributed by atoms with van der Waals surface area (Å²) in [7, 11) is 0. The summed E-state index contributed by atoms with van der Waals surface area (Å²) in [5.74, 6) is 0.934. The van der Waals surface area contributed by atoms with Crippen LogP contribution in [0.25, 0.3) is 11.4 Å². The number of rotatable bonds is 3. The summed E-state index contributed by atoms with van der Waals surface area (Å²) >= 11 is 0. The molecule has 0 unspecified atom stereocenters. The minimum Gasteiger partial charge on any atom is -0.508 e. The Morgan fingerprint density at radius 2 is 1.93 bits per heavy atom. The first-order valence-corrected chi connectivity index (χ1v) is 8.94. The molecule has 2 heterocycles. The number of aromatic nitrogens is 2. The fourth-order valence-corrected chi connectivity index (χ4v) is 3.49. The predicted octanol–water partition coefficient (Wildman–Crippen LogP) is 3.00. The van der Waals surface area contributed by atoms with Crippen LogP contribution in [0.3, 0.4) is 0 Å². The van der Waals surface area contributed by atoms with Gasteiger partial charge >= 0.3 is 0 Å². The summed E-state index contributed by atoms with van der Waals surface area (Å²) in [6, 6.07) is 10.6. The molecule has 4 rings (SSSR count). The van der Waals surface area contributed by atoms with Crippen LogP contribution in [-0.4, -0.2) is 31.6 Å². The molecule has 3 aromatic rings. The third kappa shape index (κ3) is 3.57. The van der Waals surface area contributed by atoms with Gasteiger partial charge in [-0.15, -0.1) is 0 Å². The zero-order valence-corrected chi connectivity index (χ0v) is 15.2. The van der Waals surface area contributed by atoms with Gasteiger partial charge in [0.1, 0.15) is 11.5 Å². The van der Waals surface area contributed by atoms with Crippen LogP contribution in [0.4, 0.5) is 5.69 Å². The Kier molecular flexibility index (Phi) is 4.41. The van der Waals surface area contributed by atoms with Gasteiger partial charge < -0.3 is 15.9 Å². The number of aromatic hydroxyl groups is 2. The highest BCUT2D eigenvalue weighted by molar-refractivity contribution is 5.58. The predicted molar refractivity (Wildman–Crippen MR) is 104 cm³/mol. The first kappa shape index (κ1) is 17.3. The molecule has 138 valence electrons. The molecule has 27 heavy (non-hydrogen) atoms. The molecule has 0 fully saturated rings. The van der Waals surface area contributed by atoms with E-state index in [1.165, 1.54) is 6.07 Å². The highest BCUT2D eigenvalue weighted by atomic mass is 16.3. The molecule has 1 aliphatic rings. The molecule has 0 saturated carbocycles. The number of hydrogen-bond donors (Lipinski definition) is 3. The first-order chi connectivity index (χ1) is 13.0. The summed E-state index contributed by atoms with van der Waals surface area (Å²) in [5, 5.41) is 19.8. The Balaban J connectivity index is 1.53. The maximum Gasteiger partial charge on any atom is 0.159 e. The maximum atomic E-state index is 10.2. The van der Waals surface area contributed by atoms with Crippen LogP contribution in [0, 0.1) is 6.92 Å². The number of benzene rings is 2. The first-order valence-electron chi connectivity index (χ1n) is 8.94. The number of phenols is 2. The smallest absolute Gasteiger partial charge is 0.159 e. The quantitative estimate of drug-likeness (QED) is 0.620. The van der Waals surface area contributed by atoms with Crippen LogP contribution in [0.15, 0.2) is 42.6 Å². The van der Waals surface area contributed by atoms with Crippen LogP contribution in [0.1, 0.15) is 22.4 Å². The van der Waals surface area contributed by atoms with Crippen molar-refractivity contribution in [2.45, 2.75) is 26.4 Å². The number of nitrogens with zero attached hydrogens (tertiary/aromatic N) is 3. The number of phenolic OH excluding ortho intramolecular Hbond substituents is 2. The largest absolute Gasteiger partial charge is 0.508 e. The number of nitrogens with two attached hydrogens (primary N) is 1. The molecule has 4 N–H and O–H groups in total. The van der Waals surface area contributed by atoms with E-state index in [0.717, 1.165) is 53.1 Å². The third-order valence-corrected chi connectivity index (χ3v) is 5.00. The second-order valence-corrected chi connectivity index (χ2v) is 7.01. The molecule has 0 radical (unpaired) electrons. The van der Waals surface area contributed by atoms with Crippen molar-refractivity contribution in [3.63, 3.8) is 0 Å². The molecule has 1 aliphatic heterocycles. The highest BCUT2D eigenvalue weighted by Gasteiger charge is 2.20. The van der Waals surface area contributed by atoms with E-state index in [1.54, 1.807) is 6.07 Å². The Morgan fingerprint density at radius 3 is 2.67 bits per heavy atom. The van der Waals surface area contributed by atoms with Gasteiger partial charge in [0.25, 0.3) is 0 Å². The minimum atomic E-state index is 0.0846. The second-order valence-electron chi connectivity index (χ2n) is 7.01. The molecule has 0 spiro atoms. The monoisotopic (exact) mass is 362 g/mol. The minimum absolute atomic E-state index is 0.0846. The van der Waals surface area contributed by atoms with Crippen molar-refractivity contribution >= 4 is 5.69 Å². The topological polar surface area (TPSA) is 95.5 Å². The molecule has 6 heteroatoms. The molecule has 0 bridgehead atoms. The summed E-state index contributed by atoms with van der Waals surface area (Å²) in [5.41, 5.74) is 11.3. The lowest BCUT2D eigenvalue weighted by Gasteiger charge is -2.28. The molecule has 0 atom stereocenters. The fourth-order valence-electron chi connectivity index (χ4n) is 3.49. The lowest BCUT2D eigenvalue weighted by Crippen LogP contribution is -2.31. The van der Waals surface area contributed by atoms with Crippen molar-refractivity contribution in [3.8, 4) is 22.9 Å². The van der Waals surface area contributed by atoms with Gasteiger partial charge in [-0.25, -0.2) is 9.97 Å². The van der Waals surface area contributed by atoms with E-state index < -0.39 is 0 Å². The van der Waals surface area contributed by atoms with Crippen molar-refractivity contribution in [3.05, 3.63) is 65.0 Å². The summed E-state index contributed by atoms with van der Waals surface area (Å²) in [4.78, 5) is 11.5. The zero-order chi connectivity index (χ0) is 19.0. The fraction of sp³-hybridized carbons (Fsp3) is 0.238. The molecule has 0 saturated heterocycles. The van der Waals surface area contributed by atoms with Gasteiger partial charge in [-0.05, 0) is 42.8 Å². The van der Waals surface area contributed by atoms with Crippen LogP contribution < -0.4 is 5.73 Å². The Morgan fingerprint density at radius 1 is 1.15 bits per heavy atom. The molecule has 6 nitrogen and oxygen atoms in total. The normalized spacial score (nSPS) is 14.1. The van der Waals surface area contributed by atoms with E-state index in [0.29, 0.717) is 12.4 Å². The van der Waals surface area contributed by atoms with Gasteiger partial charge in [-0.2, -0.15) is 0 Å². The van der Waals surface area contributed by atoms with Gasteiger partial charge in [-0.3, -0.25) is 4.90 Å². The molecule has 2 aromatic carbocycles. The van der Waals surface area contributed by atoms with E-state index >= 15 is 0 Å². The van der Waals surface area contributed by atoms with E-state index in [4.69, 9.17) is 10.7 Å². The van der Waals surface area contributed by atoms with Gasteiger partial charge in [0.05, 0.1) is 5.69 Å². The summed E-state index contributed by atoms with van der Waals surface area (Å²) in [6.45, 7) is 4.10.